The topological polar surface area (TPSA) is 110 Å². The Balaban J connectivity index is 1.35. The van der Waals surface area contributed by atoms with Crippen molar-refractivity contribution in [3.05, 3.63) is 128 Å². The highest BCUT2D eigenvalue weighted by Gasteiger charge is 2.20. The average molecular weight is 689 g/mol. The summed E-state index contributed by atoms with van der Waals surface area (Å²) in [6.45, 7) is 0.858. The molecule has 0 aromatic heterocycles. The molecule has 0 saturated carbocycles. The number of hydrogen-bond donors (Lipinski definition) is 2. The highest BCUT2D eigenvalue weighted by atomic mass is 127. The number of carbonyl (C=O) groups excluding carboxylic acids is 2. The number of ether oxygens (including phenoxy) is 2. The number of carboxylic acids is 1. The van der Waals surface area contributed by atoms with Gasteiger partial charge >= 0.3 is 11.9 Å². The molecule has 0 radical (unpaired) electrons. The van der Waals surface area contributed by atoms with Crippen molar-refractivity contribution in [3.8, 4) is 23.3 Å². The van der Waals surface area contributed by atoms with Gasteiger partial charge in [0.2, 0.25) is 0 Å². The number of aliphatic hydroxyl groups is 1. The molecule has 0 heterocycles. The fraction of sp³-hybridized carbons (Fsp3) is 0.171. The van der Waals surface area contributed by atoms with Crippen molar-refractivity contribution in [1.82, 2.24) is 0 Å². The lowest BCUT2D eigenvalue weighted by atomic mass is 9.98. The fourth-order valence-electron chi connectivity index (χ4n) is 4.11. The quantitative estimate of drug-likeness (QED) is 0.0422. The summed E-state index contributed by atoms with van der Waals surface area (Å²) in [7, 11) is 0. The second kappa shape index (κ2) is 15.7. The number of unbranched alkanes of at least 4 members (excludes halogenated alkanes) is 3. The van der Waals surface area contributed by atoms with Crippen LogP contribution in [0.25, 0.3) is 0 Å². The molecule has 0 aliphatic rings. The molecule has 0 bridgehead atoms. The van der Waals surface area contributed by atoms with E-state index >= 15 is 0 Å². The molecule has 43 heavy (non-hydrogen) atoms. The van der Waals surface area contributed by atoms with Crippen LogP contribution in [-0.4, -0.2) is 41.1 Å². The van der Waals surface area contributed by atoms with Crippen molar-refractivity contribution in [1.29, 1.82) is 0 Å². The second-order valence-electron chi connectivity index (χ2n) is 9.58. The summed E-state index contributed by atoms with van der Waals surface area (Å²) in [6, 6.07) is 24.8. The first-order valence-corrected chi connectivity index (χ1v) is 14.8. The Kier molecular flexibility index (Phi) is 11.5. The van der Waals surface area contributed by atoms with Gasteiger partial charge in [0.25, 0.3) is 0 Å². The molecule has 0 amide bonds. The van der Waals surface area contributed by atoms with E-state index in [1.54, 1.807) is 48.5 Å². The summed E-state index contributed by atoms with van der Waals surface area (Å²) in [5.41, 5.74) is 1.89. The standard InChI is InChI=1S/C35H29IO7/c36-28-15-13-26(14-16-28)33(38)31-20-19-30(23-32(31)34(39)40)43-35(41)27-11-7-24(8-12-27)5-6-25-9-17-29(18-10-25)42-22-4-2-1-3-21-37/h7-20,23,37H,1-4,21-22H2,(H,39,40). The maximum atomic E-state index is 12.9. The minimum absolute atomic E-state index is 0.00362. The van der Waals surface area contributed by atoms with E-state index in [0.717, 1.165) is 40.6 Å². The number of rotatable bonds is 12. The summed E-state index contributed by atoms with van der Waals surface area (Å²) in [5, 5.41) is 18.5. The third-order valence-electron chi connectivity index (χ3n) is 6.43. The van der Waals surface area contributed by atoms with Crippen molar-refractivity contribution >= 4 is 40.3 Å². The zero-order valence-electron chi connectivity index (χ0n) is 23.2. The summed E-state index contributed by atoms with van der Waals surface area (Å²) >= 11 is 2.12. The molecule has 0 aliphatic heterocycles. The first-order valence-electron chi connectivity index (χ1n) is 13.7. The van der Waals surface area contributed by atoms with Crippen LogP contribution in [0.3, 0.4) is 0 Å². The van der Waals surface area contributed by atoms with Gasteiger partial charge in [0.1, 0.15) is 11.5 Å². The van der Waals surface area contributed by atoms with Crippen molar-refractivity contribution in [2.24, 2.45) is 0 Å². The molecule has 4 rings (SSSR count). The first-order chi connectivity index (χ1) is 20.8. The van der Waals surface area contributed by atoms with Gasteiger partial charge in [0.15, 0.2) is 5.78 Å². The van der Waals surface area contributed by atoms with Crippen LogP contribution >= 0.6 is 22.6 Å². The van der Waals surface area contributed by atoms with Gasteiger partial charge < -0.3 is 19.7 Å². The highest BCUT2D eigenvalue weighted by molar-refractivity contribution is 14.1. The van der Waals surface area contributed by atoms with E-state index in [2.05, 4.69) is 34.4 Å². The van der Waals surface area contributed by atoms with Crippen molar-refractivity contribution in [3.63, 3.8) is 0 Å². The number of ketones is 1. The largest absolute Gasteiger partial charge is 0.494 e. The van der Waals surface area contributed by atoms with Crippen LogP contribution in [0, 0.1) is 15.4 Å². The third kappa shape index (κ3) is 9.26. The molecular weight excluding hydrogens is 659 g/mol. The Hall–Kier alpha value is -4.46. The molecule has 0 spiro atoms. The van der Waals surface area contributed by atoms with Crippen LogP contribution in [0.5, 0.6) is 11.5 Å². The van der Waals surface area contributed by atoms with E-state index in [0.29, 0.717) is 17.7 Å². The van der Waals surface area contributed by atoms with Crippen molar-refractivity contribution in [2.75, 3.05) is 13.2 Å². The highest BCUT2D eigenvalue weighted by Crippen LogP contribution is 2.23. The van der Waals surface area contributed by atoms with Gasteiger partial charge in [-0.1, -0.05) is 18.3 Å². The van der Waals surface area contributed by atoms with E-state index < -0.39 is 17.7 Å². The molecule has 2 N–H and O–H groups in total. The Morgan fingerprint density at radius 2 is 1.26 bits per heavy atom. The second-order valence-corrected chi connectivity index (χ2v) is 10.8. The zero-order valence-corrected chi connectivity index (χ0v) is 25.4. The molecule has 0 aliphatic carbocycles. The Labute approximate surface area is 263 Å². The molecule has 0 atom stereocenters. The lowest BCUT2D eigenvalue weighted by Gasteiger charge is -2.09. The van der Waals surface area contributed by atoms with Crippen molar-refractivity contribution < 1.29 is 34.1 Å². The molecule has 0 fully saturated rings. The van der Waals surface area contributed by atoms with Crippen molar-refractivity contribution in [2.45, 2.75) is 25.7 Å². The van der Waals surface area contributed by atoms with E-state index in [1.807, 2.05) is 24.3 Å². The smallest absolute Gasteiger partial charge is 0.343 e. The zero-order chi connectivity index (χ0) is 30.6. The number of esters is 1. The lowest BCUT2D eigenvalue weighted by molar-refractivity contribution is 0.0684. The molecule has 8 heteroatoms. The Morgan fingerprint density at radius 1 is 0.674 bits per heavy atom. The minimum atomic E-state index is -1.30. The number of aliphatic hydroxyl groups excluding tert-OH is 1. The van der Waals surface area contributed by atoms with Gasteiger partial charge in [0.05, 0.1) is 17.7 Å². The molecule has 0 saturated heterocycles. The maximum absolute atomic E-state index is 12.9. The Bertz CT molecular complexity index is 1630. The summed E-state index contributed by atoms with van der Waals surface area (Å²) in [6.07, 6.45) is 3.78. The maximum Gasteiger partial charge on any atom is 0.343 e. The van der Waals surface area contributed by atoms with Crippen LogP contribution in [0.2, 0.25) is 0 Å². The summed E-state index contributed by atoms with van der Waals surface area (Å²) in [4.78, 5) is 37.5. The van der Waals surface area contributed by atoms with Crippen LogP contribution in [0.15, 0.2) is 91.0 Å². The van der Waals surface area contributed by atoms with Gasteiger partial charge in [-0.3, -0.25) is 4.79 Å². The predicted octanol–water partition coefficient (Wildman–Crippen LogP) is 6.77. The number of hydrogen-bond acceptors (Lipinski definition) is 6. The monoisotopic (exact) mass is 688 g/mol. The fourth-order valence-corrected chi connectivity index (χ4v) is 4.47. The van der Waals surface area contributed by atoms with E-state index in [9.17, 15) is 19.5 Å². The average Bonchev–Trinajstić information content (AvgIpc) is 3.02. The van der Waals surface area contributed by atoms with Gasteiger partial charge in [-0.25, -0.2) is 9.59 Å². The molecule has 218 valence electrons. The SMILES string of the molecule is O=C(Oc1ccc(C(=O)c2ccc(I)cc2)c(C(=O)O)c1)c1ccc(C#Cc2ccc(OCCCCCCO)cc2)cc1. The number of benzene rings is 4. The molecule has 0 unspecified atom stereocenters. The van der Waals surface area contributed by atoms with E-state index in [1.165, 1.54) is 18.2 Å². The molecular formula is C35H29IO7. The number of aromatic carboxylic acids is 1. The van der Waals surface area contributed by atoms with Crippen LogP contribution in [0.4, 0.5) is 0 Å². The van der Waals surface area contributed by atoms with Crippen LogP contribution in [0.1, 0.15) is 73.4 Å². The summed E-state index contributed by atoms with van der Waals surface area (Å²) < 4.78 is 12.1. The third-order valence-corrected chi connectivity index (χ3v) is 7.15. The number of carbonyl (C=O) groups is 3. The molecule has 7 nitrogen and oxygen atoms in total. The molecule has 4 aromatic rings. The Morgan fingerprint density at radius 3 is 1.88 bits per heavy atom. The van der Waals surface area contributed by atoms with Gasteiger partial charge in [-0.05, 0) is 133 Å². The van der Waals surface area contributed by atoms with Gasteiger partial charge in [-0.2, -0.15) is 0 Å². The van der Waals surface area contributed by atoms with E-state index in [4.69, 9.17) is 14.6 Å². The molecule has 4 aromatic carbocycles. The lowest BCUT2D eigenvalue weighted by Crippen LogP contribution is -2.12. The first kappa shape index (κ1) is 31.5. The number of halogens is 1. The summed E-state index contributed by atoms with van der Waals surface area (Å²) in [5.74, 6) is 4.52. The van der Waals surface area contributed by atoms with Crippen LogP contribution in [-0.2, 0) is 0 Å². The number of carboxylic acid groups (broad SMARTS) is 1. The van der Waals surface area contributed by atoms with Gasteiger partial charge in [-0.15, -0.1) is 0 Å². The van der Waals surface area contributed by atoms with E-state index in [-0.39, 0.29) is 29.0 Å². The van der Waals surface area contributed by atoms with Gasteiger partial charge in [0, 0.05) is 32.4 Å². The predicted molar refractivity (Wildman–Crippen MR) is 171 cm³/mol. The van der Waals surface area contributed by atoms with Crippen LogP contribution < -0.4 is 9.47 Å². The minimum Gasteiger partial charge on any atom is -0.494 e. The normalized spacial score (nSPS) is 10.4.